The standard InChI is InChI=1S/C39H37.2ClH.Hf/c1-38(2,3)30-22-21-29-23-33-32(31(29)24-30)25-34(39(4,5)6)37(36(33)28-19-13-14-20-28)35(26-15-9-7-10-16-26)27-17-11-8-12-18-27;;;/h7-19,21-22,24-25H,20H2,1-6H3;2*1H;/q;;;+2/p-2. The fraction of sp³-hybridized carbons (Fsp3) is 0.231. The zero-order valence-corrected chi connectivity index (χ0v) is 30.4. The molecule has 0 heterocycles. The maximum absolute atomic E-state index is 2.55. The molecule has 0 unspecified atom stereocenters. The van der Waals surface area contributed by atoms with Gasteiger partial charge in [0.05, 0.1) is 0 Å². The van der Waals surface area contributed by atoms with Crippen molar-refractivity contribution >= 4 is 14.5 Å². The molecule has 0 spiro atoms. The first-order chi connectivity index (χ1) is 19.1. The number of fused-ring (bicyclic) bond motifs is 2. The molecule has 0 radical (unpaired) electrons. The maximum Gasteiger partial charge on any atom is -1.00 e. The van der Waals surface area contributed by atoms with Gasteiger partial charge in [0.2, 0.25) is 0 Å². The van der Waals surface area contributed by atoms with Gasteiger partial charge in [-0.1, -0.05) is 0 Å². The van der Waals surface area contributed by atoms with Gasteiger partial charge in [-0.25, -0.2) is 0 Å². The fourth-order valence-corrected chi connectivity index (χ4v) is 7.93. The molecule has 6 rings (SSSR count). The average Bonchev–Trinajstić information content (AvgIpc) is 3.56. The number of hydrogen-bond donors (Lipinski definition) is 0. The topological polar surface area (TPSA) is 0 Å². The molecule has 0 fully saturated rings. The van der Waals surface area contributed by atoms with Crippen molar-refractivity contribution in [2.45, 2.75) is 58.8 Å². The summed E-state index contributed by atoms with van der Waals surface area (Å²) in [6, 6.07) is 31.9. The summed E-state index contributed by atoms with van der Waals surface area (Å²) in [4.78, 5) is 0. The molecule has 4 aromatic carbocycles. The summed E-state index contributed by atoms with van der Waals surface area (Å²) in [6.45, 7) is 14.1. The van der Waals surface area contributed by atoms with Gasteiger partial charge in [-0.3, -0.25) is 0 Å². The van der Waals surface area contributed by atoms with Crippen LogP contribution in [0.2, 0.25) is 0 Å². The Morgan fingerprint density at radius 1 is 0.643 bits per heavy atom. The SMILES string of the molecule is CC(C)(C)c1ccc2c(c1)=c1cc(C(C)(C)C)c(=C(c3ccccc3)c3ccccc3)c(C3=CC=CC3)c1[C]=2[Hf+2].[Cl-].[Cl-]. The summed E-state index contributed by atoms with van der Waals surface area (Å²) in [6.07, 6.45) is 7.89. The van der Waals surface area contributed by atoms with E-state index in [1.54, 1.807) is 0 Å². The molecule has 0 saturated heterocycles. The molecular weight excluding hydrogens is 718 g/mol. The molecule has 0 atom stereocenters. The Morgan fingerprint density at radius 2 is 1.24 bits per heavy atom. The first-order valence-corrected chi connectivity index (χ1v) is 16.2. The number of hydrogen-bond acceptors (Lipinski definition) is 0. The van der Waals surface area contributed by atoms with Crippen molar-refractivity contribution in [2.75, 3.05) is 0 Å². The maximum atomic E-state index is 2.55. The summed E-state index contributed by atoms with van der Waals surface area (Å²) in [5.74, 6) is 0. The summed E-state index contributed by atoms with van der Waals surface area (Å²) < 4.78 is 1.52. The van der Waals surface area contributed by atoms with Gasteiger partial charge in [-0.05, 0) is 0 Å². The van der Waals surface area contributed by atoms with Crippen LogP contribution in [0.5, 0.6) is 0 Å². The molecule has 3 heteroatoms. The average molecular weight is 755 g/mol. The monoisotopic (exact) mass is 755 g/mol. The van der Waals surface area contributed by atoms with Crippen LogP contribution in [-0.2, 0) is 35.2 Å². The van der Waals surface area contributed by atoms with Gasteiger partial charge >= 0.3 is 255 Å². The van der Waals surface area contributed by atoms with E-state index >= 15 is 0 Å². The van der Waals surface area contributed by atoms with Crippen molar-refractivity contribution in [2.24, 2.45) is 0 Å². The first kappa shape index (κ1) is 32.5. The van der Waals surface area contributed by atoms with Crippen LogP contribution < -0.4 is 35.3 Å². The van der Waals surface area contributed by atoms with Gasteiger partial charge in [0, 0.05) is 0 Å². The zero-order valence-electron chi connectivity index (χ0n) is 25.3. The summed E-state index contributed by atoms with van der Waals surface area (Å²) in [7, 11) is 0. The molecule has 211 valence electrons. The van der Waals surface area contributed by atoms with E-state index in [1.807, 2.05) is 0 Å². The van der Waals surface area contributed by atoms with Crippen molar-refractivity contribution < 1.29 is 49.2 Å². The van der Waals surface area contributed by atoms with E-state index in [9.17, 15) is 0 Å². The van der Waals surface area contributed by atoms with Gasteiger partial charge in [0.15, 0.2) is 0 Å². The molecule has 0 aromatic heterocycles. The van der Waals surface area contributed by atoms with Crippen LogP contribution in [0, 0.1) is 10.4 Å². The van der Waals surface area contributed by atoms with Gasteiger partial charge in [0.25, 0.3) is 0 Å². The minimum Gasteiger partial charge on any atom is -1.00 e. The smallest absolute Gasteiger partial charge is 1.00 e. The van der Waals surface area contributed by atoms with E-state index in [-0.39, 0.29) is 35.6 Å². The normalized spacial score (nSPS) is 13.6. The van der Waals surface area contributed by atoms with Gasteiger partial charge in [-0.15, -0.1) is 0 Å². The molecule has 2 aliphatic carbocycles. The molecule has 0 bridgehead atoms. The second-order valence-corrected chi connectivity index (χ2v) is 15.0. The third kappa shape index (κ3) is 5.73. The van der Waals surface area contributed by atoms with Crippen molar-refractivity contribution in [1.29, 1.82) is 0 Å². The third-order valence-corrected chi connectivity index (χ3v) is 10.2. The van der Waals surface area contributed by atoms with Gasteiger partial charge in [0.1, 0.15) is 0 Å². The Hall–Kier alpha value is -2.45. The quantitative estimate of drug-likeness (QED) is 0.282. The number of rotatable bonds is 3. The Labute approximate surface area is 278 Å². The Kier molecular flexibility index (Phi) is 9.49. The minimum absolute atomic E-state index is 0. The number of halogens is 2. The van der Waals surface area contributed by atoms with E-state index in [1.165, 1.54) is 68.7 Å². The molecule has 0 N–H and O–H groups in total. The van der Waals surface area contributed by atoms with Crippen LogP contribution >= 0.6 is 0 Å². The van der Waals surface area contributed by atoms with Gasteiger partial charge in [-0.2, -0.15) is 0 Å². The van der Waals surface area contributed by atoms with Crippen LogP contribution in [0.4, 0.5) is 0 Å². The molecule has 0 amide bonds. The minimum atomic E-state index is -0.0454. The number of allylic oxidation sites excluding steroid dienone is 4. The first-order valence-electron chi connectivity index (χ1n) is 14.4. The number of benzene rings is 4. The predicted molar refractivity (Wildman–Crippen MR) is 166 cm³/mol. The van der Waals surface area contributed by atoms with Crippen molar-refractivity contribution in [3.63, 3.8) is 0 Å². The molecular formula is C39H37Cl2Hf. The summed E-state index contributed by atoms with van der Waals surface area (Å²) >= 11 is 0.994. The molecule has 0 aliphatic heterocycles. The van der Waals surface area contributed by atoms with Crippen molar-refractivity contribution in [3.05, 3.63) is 157 Å². The van der Waals surface area contributed by atoms with Crippen molar-refractivity contribution in [3.8, 4) is 0 Å². The van der Waals surface area contributed by atoms with E-state index in [0.29, 0.717) is 0 Å². The second-order valence-electron chi connectivity index (χ2n) is 13.2. The van der Waals surface area contributed by atoms with E-state index in [0.717, 1.165) is 30.8 Å². The van der Waals surface area contributed by atoms with E-state index in [2.05, 4.69) is 145 Å². The summed E-state index contributed by atoms with van der Waals surface area (Å²) in [5, 5.41) is 5.66. The summed E-state index contributed by atoms with van der Waals surface area (Å²) in [5.41, 5.74) is 11.1. The van der Waals surface area contributed by atoms with Crippen LogP contribution in [0.15, 0.2) is 103 Å². The molecule has 0 nitrogen and oxygen atoms in total. The molecule has 42 heavy (non-hydrogen) atoms. The van der Waals surface area contributed by atoms with E-state index in [4.69, 9.17) is 0 Å². The molecule has 4 aromatic rings. The largest absolute Gasteiger partial charge is 1.00 e. The zero-order chi connectivity index (χ0) is 28.2. The Balaban J connectivity index is 0.00000202. The fourth-order valence-electron chi connectivity index (χ4n) is 6.21. The third-order valence-electron chi connectivity index (χ3n) is 8.30. The van der Waals surface area contributed by atoms with E-state index < -0.39 is 0 Å². The molecule has 2 aliphatic rings. The predicted octanol–water partition coefficient (Wildman–Crippen LogP) is 2.18. The Morgan fingerprint density at radius 3 is 1.74 bits per heavy atom. The van der Waals surface area contributed by atoms with Crippen LogP contribution in [-0.4, -0.2) is 0 Å². The van der Waals surface area contributed by atoms with Crippen LogP contribution in [0.3, 0.4) is 0 Å². The Bertz CT molecular complexity index is 1880. The molecule has 0 saturated carbocycles. The van der Waals surface area contributed by atoms with Crippen molar-refractivity contribution in [1.82, 2.24) is 0 Å². The van der Waals surface area contributed by atoms with Crippen LogP contribution in [0.25, 0.3) is 14.5 Å². The van der Waals surface area contributed by atoms with Crippen LogP contribution in [0.1, 0.15) is 81.3 Å². The second kappa shape index (κ2) is 12.3. The van der Waals surface area contributed by atoms with Gasteiger partial charge < -0.3 is 24.8 Å².